The first kappa shape index (κ1) is 9.90. The summed E-state index contributed by atoms with van der Waals surface area (Å²) in [6.45, 7) is 6.26. The Morgan fingerprint density at radius 1 is 1.13 bits per heavy atom. The second-order valence-corrected chi connectivity index (χ2v) is 4.04. The normalized spacial score (nSPS) is 10.9. The van der Waals surface area contributed by atoms with Crippen molar-refractivity contribution in [2.24, 2.45) is 0 Å². The van der Waals surface area contributed by atoms with Gasteiger partial charge >= 0.3 is 0 Å². The molecule has 0 aliphatic carbocycles. The number of aromatic nitrogens is 3. The fourth-order valence-corrected chi connectivity index (χ4v) is 1.36. The van der Waals surface area contributed by atoms with Crippen LogP contribution in [0.3, 0.4) is 0 Å². The van der Waals surface area contributed by atoms with Gasteiger partial charge in [-0.15, -0.1) is 0 Å². The van der Waals surface area contributed by atoms with Crippen molar-refractivity contribution in [2.45, 2.75) is 26.7 Å². The molecule has 0 saturated carbocycles. The van der Waals surface area contributed by atoms with Crippen LogP contribution >= 0.6 is 0 Å². The first-order chi connectivity index (χ1) is 7.16. The SMILES string of the molecule is Cc1ccc(-n2cnc(C(C)C)n2)cc1. The lowest BCUT2D eigenvalue weighted by Crippen LogP contribution is -1.97. The summed E-state index contributed by atoms with van der Waals surface area (Å²) >= 11 is 0. The number of rotatable bonds is 2. The number of hydrogen-bond acceptors (Lipinski definition) is 2. The minimum atomic E-state index is 0.372. The summed E-state index contributed by atoms with van der Waals surface area (Å²) in [6.07, 6.45) is 1.76. The lowest BCUT2D eigenvalue weighted by molar-refractivity contribution is 0.754. The van der Waals surface area contributed by atoms with Gasteiger partial charge in [0.1, 0.15) is 6.33 Å². The molecule has 0 unspecified atom stereocenters. The molecule has 0 spiro atoms. The van der Waals surface area contributed by atoms with Crippen LogP contribution in [0.2, 0.25) is 0 Å². The Morgan fingerprint density at radius 3 is 2.33 bits per heavy atom. The minimum Gasteiger partial charge on any atom is -0.221 e. The molecule has 0 radical (unpaired) electrons. The zero-order chi connectivity index (χ0) is 10.8. The van der Waals surface area contributed by atoms with Crippen LogP contribution in [0.4, 0.5) is 0 Å². The fraction of sp³-hybridized carbons (Fsp3) is 0.333. The van der Waals surface area contributed by atoms with Crippen molar-refractivity contribution in [2.75, 3.05) is 0 Å². The Kier molecular flexibility index (Phi) is 2.54. The topological polar surface area (TPSA) is 30.7 Å². The maximum absolute atomic E-state index is 4.42. The highest BCUT2D eigenvalue weighted by atomic mass is 15.3. The maximum Gasteiger partial charge on any atom is 0.153 e. The highest BCUT2D eigenvalue weighted by Crippen LogP contribution is 2.11. The number of nitrogens with zero attached hydrogens (tertiary/aromatic N) is 3. The molecule has 3 nitrogen and oxygen atoms in total. The van der Waals surface area contributed by atoms with Crippen LogP contribution in [0, 0.1) is 6.92 Å². The summed E-state index contributed by atoms with van der Waals surface area (Å²) in [5.41, 5.74) is 2.31. The summed E-state index contributed by atoms with van der Waals surface area (Å²) in [6, 6.07) is 8.25. The molecule has 3 heteroatoms. The van der Waals surface area contributed by atoms with E-state index in [9.17, 15) is 0 Å². The van der Waals surface area contributed by atoms with Crippen molar-refractivity contribution in [1.29, 1.82) is 0 Å². The fourth-order valence-electron chi connectivity index (χ4n) is 1.36. The van der Waals surface area contributed by atoms with Crippen LogP contribution in [-0.4, -0.2) is 14.8 Å². The average Bonchev–Trinajstić information content (AvgIpc) is 2.68. The van der Waals surface area contributed by atoms with E-state index in [1.807, 2.05) is 16.8 Å². The smallest absolute Gasteiger partial charge is 0.153 e. The van der Waals surface area contributed by atoms with Gasteiger partial charge in [0, 0.05) is 5.92 Å². The van der Waals surface area contributed by atoms with Gasteiger partial charge in [-0.05, 0) is 19.1 Å². The van der Waals surface area contributed by atoms with Crippen molar-refractivity contribution in [1.82, 2.24) is 14.8 Å². The Labute approximate surface area is 89.8 Å². The van der Waals surface area contributed by atoms with Crippen molar-refractivity contribution >= 4 is 0 Å². The zero-order valence-electron chi connectivity index (χ0n) is 9.31. The first-order valence-electron chi connectivity index (χ1n) is 5.15. The summed E-state index contributed by atoms with van der Waals surface area (Å²) in [4.78, 5) is 4.27. The van der Waals surface area contributed by atoms with Crippen LogP contribution in [0.5, 0.6) is 0 Å². The van der Waals surface area contributed by atoms with Gasteiger partial charge in [-0.1, -0.05) is 31.5 Å². The lowest BCUT2D eigenvalue weighted by atomic mass is 10.2. The van der Waals surface area contributed by atoms with Gasteiger partial charge in [0.2, 0.25) is 0 Å². The van der Waals surface area contributed by atoms with Crippen LogP contribution in [0.1, 0.15) is 31.2 Å². The summed E-state index contributed by atoms with van der Waals surface area (Å²) in [7, 11) is 0. The van der Waals surface area contributed by atoms with E-state index in [0.29, 0.717) is 5.92 Å². The summed E-state index contributed by atoms with van der Waals surface area (Å²) in [5, 5.41) is 4.42. The zero-order valence-corrected chi connectivity index (χ0v) is 9.31. The quantitative estimate of drug-likeness (QED) is 0.748. The number of hydrogen-bond donors (Lipinski definition) is 0. The van der Waals surface area contributed by atoms with E-state index in [1.165, 1.54) is 5.56 Å². The molecule has 2 aromatic rings. The molecule has 0 fully saturated rings. The molecule has 0 N–H and O–H groups in total. The Hall–Kier alpha value is -1.64. The molecule has 0 atom stereocenters. The van der Waals surface area contributed by atoms with Gasteiger partial charge in [0.25, 0.3) is 0 Å². The summed E-state index contributed by atoms with van der Waals surface area (Å²) in [5.74, 6) is 1.26. The molecule has 1 aromatic carbocycles. The molecule has 2 rings (SSSR count). The standard InChI is InChI=1S/C12H15N3/c1-9(2)12-13-8-15(14-12)11-6-4-10(3)5-7-11/h4-9H,1-3H3. The largest absolute Gasteiger partial charge is 0.221 e. The van der Waals surface area contributed by atoms with Gasteiger partial charge in [0.05, 0.1) is 5.69 Å². The molecule has 1 aromatic heterocycles. The van der Waals surface area contributed by atoms with Crippen molar-refractivity contribution in [3.05, 3.63) is 42.0 Å². The molecule has 0 saturated heterocycles. The van der Waals surface area contributed by atoms with E-state index >= 15 is 0 Å². The van der Waals surface area contributed by atoms with Gasteiger partial charge in [0.15, 0.2) is 5.82 Å². The molecule has 0 bridgehead atoms. The third-order valence-electron chi connectivity index (χ3n) is 2.32. The Morgan fingerprint density at radius 2 is 1.80 bits per heavy atom. The number of aryl methyl sites for hydroxylation is 1. The second kappa shape index (κ2) is 3.85. The van der Waals surface area contributed by atoms with Crippen molar-refractivity contribution < 1.29 is 0 Å². The molecule has 0 amide bonds. The monoisotopic (exact) mass is 201 g/mol. The summed E-state index contributed by atoms with van der Waals surface area (Å²) < 4.78 is 1.81. The molecular weight excluding hydrogens is 186 g/mol. The van der Waals surface area contributed by atoms with Gasteiger partial charge in [-0.3, -0.25) is 0 Å². The highest BCUT2D eigenvalue weighted by molar-refractivity contribution is 5.32. The van der Waals surface area contributed by atoms with Crippen LogP contribution in [-0.2, 0) is 0 Å². The Bertz CT molecular complexity index is 440. The minimum absolute atomic E-state index is 0.372. The third-order valence-corrected chi connectivity index (χ3v) is 2.32. The molecule has 1 heterocycles. The molecular formula is C12H15N3. The van der Waals surface area contributed by atoms with Gasteiger partial charge in [-0.25, -0.2) is 9.67 Å². The van der Waals surface area contributed by atoms with E-state index in [0.717, 1.165) is 11.5 Å². The van der Waals surface area contributed by atoms with Crippen LogP contribution in [0.15, 0.2) is 30.6 Å². The van der Waals surface area contributed by atoms with E-state index in [4.69, 9.17) is 0 Å². The molecule has 15 heavy (non-hydrogen) atoms. The van der Waals surface area contributed by atoms with E-state index < -0.39 is 0 Å². The van der Waals surface area contributed by atoms with Crippen LogP contribution in [0.25, 0.3) is 5.69 Å². The Balaban J connectivity index is 2.33. The predicted octanol–water partition coefficient (Wildman–Crippen LogP) is 2.70. The predicted molar refractivity (Wildman–Crippen MR) is 60.2 cm³/mol. The van der Waals surface area contributed by atoms with Gasteiger partial charge in [-0.2, -0.15) is 5.10 Å². The lowest BCUT2D eigenvalue weighted by Gasteiger charge is -2.00. The van der Waals surface area contributed by atoms with Crippen LogP contribution < -0.4 is 0 Å². The third kappa shape index (κ3) is 2.06. The molecule has 0 aliphatic rings. The first-order valence-corrected chi connectivity index (χ1v) is 5.15. The van der Waals surface area contributed by atoms with E-state index in [-0.39, 0.29) is 0 Å². The second-order valence-electron chi connectivity index (χ2n) is 4.04. The highest BCUT2D eigenvalue weighted by Gasteiger charge is 2.05. The van der Waals surface area contributed by atoms with Gasteiger partial charge < -0.3 is 0 Å². The number of benzene rings is 1. The van der Waals surface area contributed by atoms with E-state index in [2.05, 4.69) is 43.0 Å². The van der Waals surface area contributed by atoms with E-state index in [1.54, 1.807) is 6.33 Å². The van der Waals surface area contributed by atoms with Crippen molar-refractivity contribution in [3.63, 3.8) is 0 Å². The molecule has 78 valence electrons. The average molecular weight is 201 g/mol. The van der Waals surface area contributed by atoms with Crippen molar-refractivity contribution in [3.8, 4) is 5.69 Å². The maximum atomic E-state index is 4.42. The molecule has 0 aliphatic heterocycles.